The second kappa shape index (κ2) is 6.17. The van der Waals surface area contributed by atoms with E-state index in [1.165, 1.54) is 29.5 Å². The first kappa shape index (κ1) is 18.5. The fourth-order valence-electron chi connectivity index (χ4n) is 3.68. The summed E-state index contributed by atoms with van der Waals surface area (Å²) in [6, 6.07) is 5.41. The minimum absolute atomic E-state index is 0.185. The number of carbonyl (C=O) groups is 2. The Bertz CT molecular complexity index is 902. The molecule has 138 valence electrons. The lowest BCUT2D eigenvalue weighted by atomic mass is 9.81. The number of halogens is 1. The molecule has 5 nitrogen and oxygen atoms in total. The molecule has 7 heteroatoms. The minimum atomic E-state index is -0.578. The summed E-state index contributed by atoms with van der Waals surface area (Å²) in [5, 5.41) is 6.70. The summed E-state index contributed by atoms with van der Waals surface area (Å²) in [7, 11) is 0. The Labute approximate surface area is 155 Å². The Morgan fingerprint density at radius 2 is 1.96 bits per heavy atom. The van der Waals surface area contributed by atoms with E-state index in [-0.39, 0.29) is 16.6 Å². The Morgan fingerprint density at radius 3 is 2.58 bits per heavy atom. The maximum atomic E-state index is 13.4. The van der Waals surface area contributed by atoms with Gasteiger partial charge in [0.1, 0.15) is 10.8 Å². The number of rotatable bonds is 3. The summed E-state index contributed by atoms with van der Waals surface area (Å²) in [5.41, 5.74) is 6.45. The largest absolute Gasteiger partial charge is 0.365 e. The number of anilines is 1. The zero-order valence-corrected chi connectivity index (χ0v) is 16.0. The highest BCUT2D eigenvalue weighted by Crippen LogP contribution is 2.44. The van der Waals surface area contributed by atoms with Crippen LogP contribution >= 0.6 is 11.3 Å². The van der Waals surface area contributed by atoms with Gasteiger partial charge in [-0.05, 0) is 57.9 Å². The van der Waals surface area contributed by atoms with Crippen LogP contribution in [0, 0.1) is 5.82 Å². The number of nitrogens with one attached hydrogen (secondary N) is 2. The molecule has 1 aliphatic rings. The van der Waals surface area contributed by atoms with Crippen molar-refractivity contribution in [2.75, 3.05) is 5.32 Å². The number of benzene rings is 1. The van der Waals surface area contributed by atoms with Crippen molar-refractivity contribution >= 4 is 28.2 Å². The van der Waals surface area contributed by atoms with Crippen LogP contribution in [0.25, 0.3) is 0 Å². The predicted molar refractivity (Wildman–Crippen MR) is 101 cm³/mol. The lowest BCUT2D eigenvalue weighted by Crippen LogP contribution is -2.55. The number of carbonyl (C=O) groups excluding carboxylic acids is 2. The van der Waals surface area contributed by atoms with Crippen molar-refractivity contribution < 1.29 is 14.0 Å². The number of hydrogen-bond donors (Lipinski definition) is 3. The van der Waals surface area contributed by atoms with Crippen molar-refractivity contribution in [1.82, 2.24) is 5.32 Å². The third-order valence-corrected chi connectivity index (χ3v) is 5.88. The highest BCUT2D eigenvalue weighted by atomic mass is 32.1. The summed E-state index contributed by atoms with van der Waals surface area (Å²) >= 11 is 1.34. The summed E-state index contributed by atoms with van der Waals surface area (Å²) < 4.78 is 13.4. The average molecular weight is 375 g/mol. The molecule has 0 bridgehead atoms. The highest BCUT2D eigenvalue weighted by molar-refractivity contribution is 7.17. The molecule has 0 radical (unpaired) electrons. The molecule has 26 heavy (non-hydrogen) atoms. The van der Waals surface area contributed by atoms with Crippen LogP contribution < -0.4 is 16.4 Å². The maximum Gasteiger partial charge on any atom is 0.256 e. The first-order valence-corrected chi connectivity index (χ1v) is 9.14. The molecule has 0 atom stereocenters. The molecule has 2 heterocycles. The molecule has 0 spiro atoms. The molecule has 0 unspecified atom stereocenters. The predicted octanol–water partition coefficient (Wildman–Crippen LogP) is 3.40. The normalized spacial score (nSPS) is 17.4. The topological polar surface area (TPSA) is 84.2 Å². The molecular weight excluding hydrogens is 353 g/mol. The van der Waals surface area contributed by atoms with Crippen molar-refractivity contribution in [1.29, 1.82) is 0 Å². The SMILES string of the molecule is CC1(C)Cc2c(sc(NC(=O)c3cccc(F)c3)c2C(N)=O)C(C)(C)N1. The number of fused-ring (bicyclic) bond motifs is 1. The number of thiophene rings is 1. The standard InChI is InChI=1S/C19H22FN3O2S/c1-18(2)9-12-13(15(21)24)17(26-14(12)19(3,4)23-18)22-16(25)10-6-5-7-11(20)8-10/h5-8,23H,9H2,1-4H3,(H2,21,24)(H,22,25). The van der Waals surface area contributed by atoms with Gasteiger partial charge in [-0.25, -0.2) is 4.39 Å². The van der Waals surface area contributed by atoms with Gasteiger partial charge in [-0.15, -0.1) is 11.3 Å². The molecule has 3 rings (SSSR count). The van der Waals surface area contributed by atoms with Crippen molar-refractivity contribution in [3.05, 3.63) is 51.7 Å². The van der Waals surface area contributed by atoms with Gasteiger partial charge in [-0.1, -0.05) is 6.07 Å². The quantitative estimate of drug-likeness (QED) is 0.769. The lowest BCUT2D eigenvalue weighted by molar-refractivity contribution is 0.0999. The molecule has 2 aromatic rings. The second-order valence-electron chi connectivity index (χ2n) is 7.75. The molecule has 1 aromatic heterocycles. The van der Waals surface area contributed by atoms with E-state index in [0.717, 1.165) is 16.5 Å². The van der Waals surface area contributed by atoms with Gasteiger partial charge in [0.15, 0.2) is 0 Å². The van der Waals surface area contributed by atoms with Crippen molar-refractivity contribution in [2.24, 2.45) is 5.73 Å². The summed E-state index contributed by atoms with van der Waals surface area (Å²) in [5.74, 6) is -1.55. The number of primary amides is 1. The van der Waals surface area contributed by atoms with Gasteiger partial charge in [0, 0.05) is 21.5 Å². The Hall–Kier alpha value is -2.25. The van der Waals surface area contributed by atoms with E-state index in [9.17, 15) is 14.0 Å². The fraction of sp³-hybridized carbons (Fsp3) is 0.368. The molecule has 0 saturated carbocycles. The van der Waals surface area contributed by atoms with Crippen LogP contribution in [-0.2, 0) is 12.0 Å². The molecule has 4 N–H and O–H groups in total. The van der Waals surface area contributed by atoms with Crippen molar-refractivity contribution in [3.8, 4) is 0 Å². The van der Waals surface area contributed by atoms with E-state index in [2.05, 4.69) is 24.5 Å². The molecule has 0 aliphatic carbocycles. The third kappa shape index (κ3) is 3.37. The first-order chi connectivity index (χ1) is 12.0. The van der Waals surface area contributed by atoms with Gasteiger partial charge < -0.3 is 16.4 Å². The summed E-state index contributed by atoms with van der Waals surface area (Å²) in [6.07, 6.45) is 0.621. The van der Waals surface area contributed by atoms with Gasteiger partial charge >= 0.3 is 0 Å². The first-order valence-electron chi connectivity index (χ1n) is 8.32. The molecular formula is C19H22FN3O2S. The summed E-state index contributed by atoms with van der Waals surface area (Å²) in [6.45, 7) is 8.19. The van der Waals surface area contributed by atoms with E-state index >= 15 is 0 Å². The van der Waals surface area contributed by atoms with Crippen LogP contribution in [-0.4, -0.2) is 17.4 Å². The van der Waals surface area contributed by atoms with Crippen molar-refractivity contribution in [2.45, 2.75) is 45.2 Å². The van der Waals surface area contributed by atoms with Gasteiger partial charge in [0.2, 0.25) is 0 Å². The van der Waals surface area contributed by atoms with Crippen LogP contribution in [0.4, 0.5) is 9.39 Å². The monoisotopic (exact) mass is 375 g/mol. The van der Waals surface area contributed by atoms with Crippen molar-refractivity contribution in [3.63, 3.8) is 0 Å². The van der Waals surface area contributed by atoms with E-state index in [4.69, 9.17) is 5.73 Å². The van der Waals surface area contributed by atoms with E-state index in [0.29, 0.717) is 17.0 Å². The number of hydrogen-bond acceptors (Lipinski definition) is 4. The fourth-order valence-corrected chi connectivity index (χ4v) is 4.96. The van der Waals surface area contributed by atoms with Crippen LogP contribution in [0.5, 0.6) is 0 Å². The van der Waals surface area contributed by atoms with E-state index in [1.54, 1.807) is 0 Å². The Morgan fingerprint density at radius 1 is 1.27 bits per heavy atom. The molecule has 1 aliphatic heterocycles. The van der Waals surface area contributed by atoms with E-state index in [1.807, 2.05) is 13.8 Å². The van der Waals surface area contributed by atoms with Gasteiger partial charge in [0.05, 0.1) is 5.56 Å². The molecule has 1 aromatic carbocycles. The third-order valence-electron chi connectivity index (χ3n) is 4.40. The van der Waals surface area contributed by atoms with Crippen LogP contribution in [0.2, 0.25) is 0 Å². The van der Waals surface area contributed by atoms with E-state index < -0.39 is 17.6 Å². The maximum absolute atomic E-state index is 13.4. The van der Waals surface area contributed by atoms with Gasteiger partial charge in [-0.3, -0.25) is 9.59 Å². The van der Waals surface area contributed by atoms with Gasteiger partial charge in [0.25, 0.3) is 11.8 Å². The molecule has 2 amide bonds. The minimum Gasteiger partial charge on any atom is -0.365 e. The zero-order valence-electron chi connectivity index (χ0n) is 15.2. The Kier molecular flexibility index (Phi) is 4.40. The average Bonchev–Trinajstić information content (AvgIpc) is 2.84. The van der Waals surface area contributed by atoms with Crippen LogP contribution in [0.3, 0.4) is 0 Å². The zero-order chi connectivity index (χ0) is 19.3. The number of amides is 2. The lowest BCUT2D eigenvalue weighted by Gasteiger charge is -2.42. The molecule has 0 fully saturated rings. The summed E-state index contributed by atoms with van der Waals surface area (Å²) in [4.78, 5) is 25.6. The van der Waals surface area contributed by atoms with Crippen LogP contribution in [0.15, 0.2) is 24.3 Å². The molecule has 0 saturated heterocycles. The smallest absolute Gasteiger partial charge is 0.256 e. The number of nitrogens with two attached hydrogens (primary N) is 1. The second-order valence-corrected chi connectivity index (χ2v) is 8.77. The van der Waals surface area contributed by atoms with Crippen LogP contribution in [0.1, 0.15) is 58.9 Å². The Balaban J connectivity index is 2.05. The van der Waals surface area contributed by atoms with Gasteiger partial charge in [-0.2, -0.15) is 0 Å². The highest BCUT2D eigenvalue weighted by Gasteiger charge is 2.41.